The quantitative estimate of drug-likeness (QED) is 0.509. The van der Waals surface area contributed by atoms with E-state index in [-0.39, 0.29) is 0 Å². The first-order valence-electron chi connectivity index (χ1n) is 10.8. The van der Waals surface area contributed by atoms with Gasteiger partial charge in [-0.1, -0.05) is 0 Å². The number of rotatable bonds is 9. The van der Waals surface area contributed by atoms with Crippen LogP contribution in [0.25, 0.3) is 0 Å². The second kappa shape index (κ2) is 9.80. The summed E-state index contributed by atoms with van der Waals surface area (Å²) in [4.78, 5) is 2.71. The van der Waals surface area contributed by atoms with Crippen LogP contribution in [0.5, 0.6) is 0 Å². The summed E-state index contributed by atoms with van der Waals surface area (Å²) < 4.78 is 8.01. The molecule has 0 saturated carbocycles. The zero-order chi connectivity index (χ0) is 18.3. The molecule has 1 aromatic rings. The fourth-order valence-corrected chi connectivity index (χ4v) is 13.9. The van der Waals surface area contributed by atoms with E-state index in [1.807, 2.05) is 0 Å². The molecule has 1 aliphatic rings. The molecule has 0 unspecified atom stereocenters. The molecule has 4 heteroatoms. The van der Waals surface area contributed by atoms with E-state index in [0.717, 1.165) is 0 Å². The van der Waals surface area contributed by atoms with E-state index in [4.69, 9.17) is 4.42 Å². The predicted octanol–water partition coefficient (Wildman–Crippen LogP) is 5.18. The SMILES string of the molecule is C[CH2][Ge]([CH2]C)([CH2]C)[c]1ccc([Si](C)(C)CCCN2CCCCCC2)o1. The van der Waals surface area contributed by atoms with E-state index in [2.05, 4.69) is 50.9 Å². The van der Waals surface area contributed by atoms with Crippen LogP contribution in [0.15, 0.2) is 16.5 Å². The van der Waals surface area contributed by atoms with Gasteiger partial charge in [-0.15, -0.1) is 0 Å². The van der Waals surface area contributed by atoms with Gasteiger partial charge in [0.05, 0.1) is 0 Å². The predicted molar refractivity (Wildman–Crippen MR) is 117 cm³/mol. The maximum atomic E-state index is 6.58. The summed E-state index contributed by atoms with van der Waals surface area (Å²) in [5, 5.41) is 5.44. The Labute approximate surface area is 160 Å². The molecule has 0 aromatic carbocycles. The van der Waals surface area contributed by atoms with E-state index in [1.165, 1.54) is 83.5 Å². The van der Waals surface area contributed by atoms with Gasteiger partial charge in [-0.25, -0.2) is 0 Å². The van der Waals surface area contributed by atoms with Crippen molar-refractivity contribution in [2.75, 3.05) is 19.6 Å². The molecule has 1 fully saturated rings. The molecule has 0 atom stereocenters. The van der Waals surface area contributed by atoms with Crippen LogP contribution in [0.1, 0.15) is 52.9 Å². The topological polar surface area (TPSA) is 16.4 Å². The molecule has 0 spiro atoms. The van der Waals surface area contributed by atoms with Crippen LogP contribution >= 0.6 is 0 Å². The van der Waals surface area contributed by atoms with E-state index in [0.29, 0.717) is 0 Å². The van der Waals surface area contributed by atoms with Crippen molar-refractivity contribution < 1.29 is 4.42 Å². The van der Waals surface area contributed by atoms with Crippen molar-refractivity contribution in [3.05, 3.63) is 12.1 Å². The number of hydrogen-bond donors (Lipinski definition) is 0. The minimum atomic E-state index is -1.93. The molecule has 1 aliphatic heterocycles. The van der Waals surface area contributed by atoms with Gasteiger partial charge in [-0.2, -0.15) is 0 Å². The first-order chi connectivity index (χ1) is 12.0. The monoisotopic (exact) mass is 425 g/mol. The zero-order valence-electron chi connectivity index (χ0n) is 17.5. The summed E-state index contributed by atoms with van der Waals surface area (Å²) >= 11 is -1.93. The zero-order valence-corrected chi connectivity index (χ0v) is 20.6. The Bertz CT molecular complexity index is 493. The van der Waals surface area contributed by atoms with Gasteiger partial charge in [0.1, 0.15) is 0 Å². The van der Waals surface area contributed by atoms with Crippen molar-refractivity contribution in [1.29, 1.82) is 0 Å². The molecule has 0 amide bonds. The molecule has 0 N–H and O–H groups in total. The molecular weight excluding hydrogens is 383 g/mol. The third kappa shape index (κ3) is 5.49. The van der Waals surface area contributed by atoms with Crippen LogP contribution in [0.3, 0.4) is 0 Å². The summed E-state index contributed by atoms with van der Waals surface area (Å²) in [5.74, 6) is 0. The molecule has 1 saturated heterocycles. The second-order valence-corrected chi connectivity index (χ2v) is 24.4. The summed E-state index contributed by atoms with van der Waals surface area (Å²) in [5.41, 5.74) is 0. The van der Waals surface area contributed by atoms with Crippen LogP contribution in [0.4, 0.5) is 0 Å². The van der Waals surface area contributed by atoms with Crippen molar-refractivity contribution >= 4 is 31.3 Å². The van der Waals surface area contributed by atoms with Crippen molar-refractivity contribution in [3.8, 4) is 0 Å². The van der Waals surface area contributed by atoms with Gasteiger partial charge < -0.3 is 0 Å². The minimum absolute atomic E-state index is 1.30. The third-order valence-electron chi connectivity index (χ3n) is 6.80. The second-order valence-electron chi connectivity index (χ2n) is 8.75. The summed E-state index contributed by atoms with van der Waals surface area (Å²) in [6, 6.07) is 6.09. The Hall–Kier alpha value is -0.000260. The Morgan fingerprint density at radius 2 is 1.56 bits per heavy atom. The van der Waals surface area contributed by atoms with Gasteiger partial charge in [-0.05, 0) is 0 Å². The van der Waals surface area contributed by atoms with Crippen molar-refractivity contribution in [2.24, 2.45) is 0 Å². The third-order valence-corrected chi connectivity index (χ3v) is 21.3. The Kier molecular flexibility index (Phi) is 8.35. The van der Waals surface area contributed by atoms with Crippen LogP contribution in [-0.4, -0.2) is 45.9 Å². The average molecular weight is 424 g/mol. The van der Waals surface area contributed by atoms with Gasteiger partial charge in [0.2, 0.25) is 0 Å². The van der Waals surface area contributed by atoms with Crippen LogP contribution < -0.4 is 9.98 Å². The average Bonchev–Trinajstić information content (AvgIpc) is 2.98. The normalized spacial score (nSPS) is 17.6. The molecule has 0 bridgehead atoms. The number of likely N-dealkylation sites (tertiary alicyclic amines) is 1. The summed E-state index contributed by atoms with van der Waals surface area (Å²) in [7, 11) is -1.44. The number of hydrogen-bond acceptors (Lipinski definition) is 2. The van der Waals surface area contributed by atoms with Gasteiger partial charge in [-0.3, -0.25) is 0 Å². The van der Waals surface area contributed by atoms with Crippen molar-refractivity contribution in [3.63, 3.8) is 0 Å². The molecule has 25 heavy (non-hydrogen) atoms. The van der Waals surface area contributed by atoms with E-state index >= 15 is 0 Å². The van der Waals surface area contributed by atoms with Gasteiger partial charge in [0.15, 0.2) is 0 Å². The molecule has 2 heterocycles. The number of furan rings is 1. The summed E-state index contributed by atoms with van der Waals surface area (Å²) in [6.07, 6.45) is 7.02. The molecule has 0 aliphatic carbocycles. The van der Waals surface area contributed by atoms with Crippen LogP contribution in [0, 0.1) is 0 Å². The first-order valence-corrected chi connectivity index (χ1v) is 19.5. The Morgan fingerprint density at radius 3 is 2.12 bits per heavy atom. The van der Waals surface area contributed by atoms with Crippen LogP contribution in [0.2, 0.25) is 34.9 Å². The van der Waals surface area contributed by atoms with Gasteiger partial charge in [0, 0.05) is 0 Å². The van der Waals surface area contributed by atoms with Crippen molar-refractivity contribution in [1.82, 2.24) is 4.90 Å². The molecule has 2 nitrogen and oxygen atoms in total. The van der Waals surface area contributed by atoms with Gasteiger partial charge >= 0.3 is 160 Å². The number of nitrogens with zero attached hydrogens (tertiary/aromatic N) is 1. The standard InChI is InChI=1S/C21H41GeNOSi/c1-6-22(7-2,8-3)20-14-15-21(24-20)25(4,5)19-13-18-23-16-11-9-10-12-17-23/h14-15H,6-13,16-19H2,1-5H3. The fraction of sp³-hybridized carbons (Fsp3) is 0.810. The fourth-order valence-electron chi connectivity index (χ4n) is 4.49. The molecule has 2 rings (SSSR count). The van der Waals surface area contributed by atoms with E-state index in [9.17, 15) is 0 Å². The van der Waals surface area contributed by atoms with E-state index in [1.54, 1.807) is 0 Å². The molecule has 1 aromatic heterocycles. The van der Waals surface area contributed by atoms with Crippen molar-refractivity contribution in [2.45, 2.75) is 87.8 Å². The first kappa shape index (κ1) is 21.3. The maximum absolute atomic E-state index is 6.58. The molecule has 0 radical (unpaired) electrons. The van der Waals surface area contributed by atoms with E-state index < -0.39 is 21.3 Å². The molecular formula is C21H41GeNOSi. The molecule has 144 valence electrons. The van der Waals surface area contributed by atoms with Gasteiger partial charge in [0.25, 0.3) is 0 Å². The Morgan fingerprint density at radius 1 is 0.960 bits per heavy atom. The Balaban J connectivity index is 1.95. The summed E-state index contributed by atoms with van der Waals surface area (Å²) in [6.45, 7) is 16.1. The van der Waals surface area contributed by atoms with Crippen LogP contribution in [-0.2, 0) is 0 Å².